The molecule has 24 heavy (non-hydrogen) atoms. The molecule has 140 valence electrons. The van der Waals surface area contributed by atoms with Gasteiger partial charge in [-0.2, -0.15) is 0 Å². The Bertz CT molecular complexity index is 469. The second-order valence-electron chi connectivity index (χ2n) is 7.77. The molecule has 1 atom stereocenters. The summed E-state index contributed by atoms with van der Waals surface area (Å²) in [5, 5.41) is 18.9. The highest BCUT2D eigenvalue weighted by Gasteiger charge is 2.41. The van der Waals surface area contributed by atoms with Crippen LogP contribution in [0.5, 0.6) is 0 Å². The van der Waals surface area contributed by atoms with E-state index in [0.717, 1.165) is 6.42 Å². The SMILES string of the molecule is CN(C)C(C)(C)C(=O)N1CCC[C@H]1C(=O)O.C[N+](C)(C)CC(=O)[O-]. The molecule has 1 heterocycles. The molecule has 1 fully saturated rings. The van der Waals surface area contributed by atoms with Gasteiger partial charge in [-0.15, -0.1) is 0 Å². The van der Waals surface area contributed by atoms with Crippen LogP contribution < -0.4 is 5.11 Å². The molecule has 0 saturated carbocycles. The third-order valence-corrected chi connectivity index (χ3v) is 4.04. The zero-order valence-electron chi connectivity index (χ0n) is 15.8. The molecule has 0 aliphatic carbocycles. The van der Waals surface area contributed by atoms with E-state index in [1.54, 1.807) is 21.1 Å². The van der Waals surface area contributed by atoms with Gasteiger partial charge >= 0.3 is 5.97 Å². The molecular formula is C16H31N3O5. The molecule has 0 radical (unpaired) electrons. The number of aliphatic carboxylic acids is 2. The summed E-state index contributed by atoms with van der Waals surface area (Å²) in [6, 6.07) is -0.647. The molecular weight excluding hydrogens is 314 g/mol. The largest absolute Gasteiger partial charge is 0.544 e. The van der Waals surface area contributed by atoms with Crippen LogP contribution in [0.1, 0.15) is 26.7 Å². The van der Waals surface area contributed by atoms with Crippen molar-refractivity contribution in [3.63, 3.8) is 0 Å². The molecule has 8 nitrogen and oxygen atoms in total. The van der Waals surface area contributed by atoms with Crippen molar-refractivity contribution in [1.82, 2.24) is 9.80 Å². The summed E-state index contributed by atoms with van der Waals surface area (Å²) in [4.78, 5) is 36.4. The normalized spacial score (nSPS) is 18.2. The van der Waals surface area contributed by atoms with Crippen molar-refractivity contribution in [2.45, 2.75) is 38.3 Å². The van der Waals surface area contributed by atoms with E-state index in [1.807, 2.05) is 32.8 Å². The number of carboxylic acid groups (broad SMARTS) is 2. The molecule has 1 aliphatic rings. The number of carbonyl (C=O) groups excluding carboxylic acids is 2. The highest BCUT2D eigenvalue weighted by molar-refractivity contribution is 5.90. The Hall–Kier alpha value is -1.67. The first kappa shape index (κ1) is 22.3. The van der Waals surface area contributed by atoms with Gasteiger partial charge in [-0.05, 0) is 40.8 Å². The second-order valence-corrected chi connectivity index (χ2v) is 7.77. The standard InChI is InChI=1S/C11H20N2O3.C5H11NO2/c1-11(2,12(3)4)10(16)13-7-5-6-8(13)9(14)15;1-6(2,3)4-5(7)8/h8H,5-7H2,1-4H3,(H,14,15);4H2,1-3H3/t8-;/m0./s1. The average Bonchev–Trinajstić information content (AvgIpc) is 2.84. The van der Waals surface area contributed by atoms with Crippen molar-refractivity contribution in [3.05, 3.63) is 0 Å². The number of likely N-dealkylation sites (N-methyl/N-ethyl adjacent to an activating group) is 2. The van der Waals surface area contributed by atoms with Crippen molar-refractivity contribution in [1.29, 1.82) is 0 Å². The lowest BCUT2D eigenvalue weighted by molar-refractivity contribution is -0.864. The quantitative estimate of drug-likeness (QED) is 0.631. The summed E-state index contributed by atoms with van der Waals surface area (Å²) >= 11 is 0. The van der Waals surface area contributed by atoms with Crippen LogP contribution in [0.3, 0.4) is 0 Å². The Morgan fingerprint density at radius 3 is 2.04 bits per heavy atom. The van der Waals surface area contributed by atoms with Crippen LogP contribution in [-0.4, -0.2) is 97.1 Å². The lowest BCUT2D eigenvalue weighted by Gasteiger charge is -2.36. The minimum Gasteiger partial charge on any atom is -0.544 e. The third-order valence-electron chi connectivity index (χ3n) is 4.04. The van der Waals surface area contributed by atoms with E-state index in [2.05, 4.69) is 0 Å². The van der Waals surface area contributed by atoms with Gasteiger partial charge in [0.2, 0.25) is 5.91 Å². The van der Waals surface area contributed by atoms with E-state index < -0.39 is 23.5 Å². The van der Waals surface area contributed by atoms with Crippen LogP contribution in [0, 0.1) is 0 Å². The molecule has 0 aromatic heterocycles. The van der Waals surface area contributed by atoms with Crippen molar-refractivity contribution in [2.75, 3.05) is 48.3 Å². The maximum atomic E-state index is 12.2. The molecule has 1 N–H and O–H groups in total. The second kappa shape index (κ2) is 8.43. The van der Waals surface area contributed by atoms with E-state index in [1.165, 1.54) is 4.90 Å². The fraction of sp³-hybridized carbons (Fsp3) is 0.812. The predicted octanol–water partition coefficient (Wildman–Crippen LogP) is -1.16. The number of hydrogen-bond acceptors (Lipinski definition) is 5. The molecule has 0 unspecified atom stereocenters. The Kier molecular flexibility index (Phi) is 7.85. The van der Waals surface area contributed by atoms with Crippen LogP contribution in [0.2, 0.25) is 0 Å². The molecule has 8 heteroatoms. The van der Waals surface area contributed by atoms with Gasteiger partial charge in [0.05, 0.1) is 32.7 Å². The smallest absolute Gasteiger partial charge is 0.326 e. The maximum absolute atomic E-state index is 12.2. The number of likely N-dealkylation sites (tertiary alicyclic amines) is 1. The van der Waals surface area contributed by atoms with Crippen LogP contribution in [0.15, 0.2) is 0 Å². The van der Waals surface area contributed by atoms with Gasteiger partial charge in [0.1, 0.15) is 12.6 Å². The van der Waals surface area contributed by atoms with Gasteiger partial charge in [0, 0.05) is 6.54 Å². The predicted molar refractivity (Wildman–Crippen MR) is 88.0 cm³/mol. The van der Waals surface area contributed by atoms with Gasteiger partial charge in [-0.25, -0.2) is 4.79 Å². The van der Waals surface area contributed by atoms with Crippen molar-refractivity contribution in [2.24, 2.45) is 0 Å². The Morgan fingerprint density at radius 1 is 1.25 bits per heavy atom. The fourth-order valence-electron chi connectivity index (χ4n) is 2.20. The molecule has 1 rings (SSSR count). The average molecular weight is 345 g/mol. The summed E-state index contributed by atoms with van der Waals surface area (Å²) < 4.78 is 0.419. The zero-order chi connectivity index (χ0) is 19.3. The van der Waals surface area contributed by atoms with Gasteiger partial charge in [0.15, 0.2) is 0 Å². The summed E-state index contributed by atoms with van der Waals surface area (Å²) in [5.41, 5.74) is -0.655. The fourth-order valence-corrected chi connectivity index (χ4v) is 2.20. The zero-order valence-corrected chi connectivity index (χ0v) is 15.8. The molecule has 1 saturated heterocycles. The molecule has 0 aromatic carbocycles. The lowest BCUT2D eigenvalue weighted by atomic mass is 10.0. The lowest BCUT2D eigenvalue weighted by Crippen LogP contribution is -2.55. The number of carbonyl (C=O) groups is 3. The van der Waals surface area contributed by atoms with Gasteiger partial charge in [-0.3, -0.25) is 9.69 Å². The third kappa shape index (κ3) is 6.84. The topological polar surface area (TPSA) is 101 Å². The van der Waals surface area contributed by atoms with Crippen LogP contribution >= 0.6 is 0 Å². The van der Waals surface area contributed by atoms with E-state index in [9.17, 15) is 19.5 Å². The Morgan fingerprint density at radius 2 is 1.75 bits per heavy atom. The molecule has 1 amide bonds. The summed E-state index contributed by atoms with van der Waals surface area (Å²) in [6.07, 6.45) is 1.33. The van der Waals surface area contributed by atoms with Crippen LogP contribution in [0.4, 0.5) is 0 Å². The maximum Gasteiger partial charge on any atom is 0.326 e. The van der Waals surface area contributed by atoms with E-state index in [-0.39, 0.29) is 12.5 Å². The molecule has 0 spiro atoms. The Balaban J connectivity index is 0.000000561. The minimum absolute atomic E-state index is 0.0694. The summed E-state index contributed by atoms with van der Waals surface area (Å²) in [6.45, 7) is 4.24. The van der Waals surface area contributed by atoms with E-state index in [0.29, 0.717) is 17.4 Å². The monoisotopic (exact) mass is 345 g/mol. The van der Waals surface area contributed by atoms with Gasteiger partial charge < -0.3 is 24.4 Å². The number of amides is 1. The number of rotatable bonds is 5. The summed E-state index contributed by atoms with van der Waals surface area (Å²) in [7, 11) is 9.05. The van der Waals surface area contributed by atoms with Crippen molar-refractivity contribution < 1.29 is 29.1 Å². The number of nitrogens with zero attached hydrogens (tertiary/aromatic N) is 3. The van der Waals surface area contributed by atoms with Gasteiger partial charge in [0.25, 0.3) is 0 Å². The first-order chi connectivity index (χ1) is 10.7. The highest BCUT2D eigenvalue weighted by atomic mass is 16.4. The van der Waals surface area contributed by atoms with Crippen molar-refractivity contribution >= 4 is 17.8 Å². The van der Waals surface area contributed by atoms with Gasteiger partial charge in [-0.1, -0.05) is 0 Å². The summed E-state index contributed by atoms with van der Waals surface area (Å²) in [5.74, 6) is -2.01. The van der Waals surface area contributed by atoms with E-state index >= 15 is 0 Å². The molecule has 1 aliphatic heterocycles. The Labute approximate surface area is 144 Å². The first-order valence-electron chi connectivity index (χ1n) is 7.91. The van der Waals surface area contributed by atoms with Crippen LogP contribution in [-0.2, 0) is 14.4 Å². The molecule has 0 bridgehead atoms. The van der Waals surface area contributed by atoms with Crippen molar-refractivity contribution in [3.8, 4) is 0 Å². The molecule has 0 aromatic rings. The number of hydrogen-bond donors (Lipinski definition) is 1. The minimum atomic E-state index is -1.00. The number of quaternary nitrogens is 1. The van der Waals surface area contributed by atoms with Crippen LogP contribution in [0.25, 0.3) is 0 Å². The number of carboxylic acids is 2. The van der Waals surface area contributed by atoms with E-state index in [4.69, 9.17) is 5.11 Å². The first-order valence-corrected chi connectivity index (χ1v) is 7.91. The highest BCUT2D eigenvalue weighted by Crippen LogP contribution is 2.23.